The lowest BCUT2D eigenvalue weighted by Crippen LogP contribution is -2.34. The summed E-state index contributed by atoms with van der Waals surface area (Å²) in [6, 6.07) is 0. The maximum atomic E-state index is 12.6. The highest BCUT2D eigenvalue weighted by molar-refractivity contribution is 7.86. The average Bonchev–Trinajstić information content (AvgIpc) is 2.23. The molecule has 0 aliphatic rings. The van der Waals surface area contributed by atoms with Gasteiger partial charge >= 0.3 is 11.2 Å². The molecule has 0 saturated carbocycles. The normalized spacial score (nSPS) is 12.2. The first-order valence-electron chi connectivity index (χ1n) is 4.48. The van der Waals surface area contributed by atoms with E-state index in [9.17, 15) is 26.5 Å². The molecule has 7 nitrogen and oxygen atoms in total. The molecule has 0 aromatic heterocycles. The lowest BCUT2D eigenvalue weighted by atomic mass is 10.3. The summed E-state index contributed by atoms with van der Waals surface area (Å²) in [5.74, 6) is -0.989. The van der Waals surface area contributed by atoms with Crippen LogP contribution in [0.3, 0.4) is 0 Å². The lowest BCUT2D eigenvalue weighted by Gasteiger charge is -2.19. The highest BCUT2D eigenvalue weighted by Crippen LogP contribution is 2.20. The monoisotopic (exact) mass is 289 g/mol. The van der Waals surface area contributed by atoms with Gasteiger partial charge in [-0.15, -0.1) is 0 Å². The van der Waals surface area contributed by atoms with Gasteiger partial charge in [-0.1, -0.05) is 6.58 Å². The molecular formula is C8H11F2O7S-. The topological polar surface area (TPSA) is 113 Å². The van der Waals surface area contributed by atoms with E-state index in [0.29, 0.717) is 0 Å². The number of carbonyl (C=O) groups is 1. The highest BCUT2D eigenvalue weighted by Gasteiger charge is 2.38. The number of aliphatic hydroxyl groups is 1. The molecule has 0 spiro atoms. The van der Waals surface area contributed by atoms with Crippen molar-refractivity contribution in [3.05, 3.63) is 12.2 Å². The first-order valence-corrected chi connectivity index (χ1v) is 5.89. The molecule has 0 aliphatic carbocycles. The molecule has 0 amide bonds. The highest BCUT2D eigenvalue weighted by atomic mass is 32.2. The Labute approximate surface area is 102 Å². The van der Waals surface area contributed by atoms with Crippen LogP contribution in [-0.2, 0) is 24.4 Å². The van der Waals surface area contributed by atoms with Crippen LogP contribution in [-0.4, -0.2) is 55.7 Å². The van der Waals surface area contributed by atoms with Crippen molar-refractivity contribution in [2.24, 2.45) is 0 Å². The Morgan fingerprint density at radius 2 is 2.00 bits per heavy atom. The van der Waals surface area contributed by atoms with Gasteiger partial charge < -0.3 is 19.1 Å². The van der Waals surface area contributed by atoms with Gasteiger partial charge in [0, 0.05) is 0 Å². The van der Waals surface area contributed by atoms with E-state index in [2.05, 4.69) is 16.1 Å². The van der Waals surface area contributed by atoms with Crippen molar-refractivity contribution in [1.29, 1.82) is 0 Å². The number of rotatable bonds is 8. The summed E-state index contributed by atoms with van der Waals surface area (Å²) in [4.78, 5) is 11.0. The van der Waals surface area contributed by atoms with E-state index >= 15 is 0 Å². The third-order valence-corrected chi connectivity index (χ3v) is 2.37. The van der Waals surface area contributed by atoms with E-state index in [4.69, 9.17) is 5.11 Å². The number of ether oxygens (including phenoxy) is 2. The van der Waals surface area contributed by atoms with E-state index in [1.54, 1.807) is 0 Å². The number of carbonyl (C=O) groups excluding carboxylic acids is 1. The Hall–Kier alpha value is -1.10. The summed E-state index contributed by atoms with van der Waals surface area (Å²) in [5.41, 5.74) is -0.359. The Balaban J connectivity index is 4.13. The quantitative estimate of drug-likeness (QED) is 0.354. The molecule has 0 unspecified atom stereocenters. The standard InChI is InChI=1S/C8H12F2O7S/c1-6(7(12)17-3-2-11)4-16-5-8(9,10)18(13,14)15/h11H,1-5H2,(H,13,14,15)/p-1. The minimum Gasteiger partial charge on any atom is -0.743 e. The molecule has 0 fully saturated rings. The molecule has 0 rings (SSSR count). The van der Waals surface area contributed by atoms with Gasteiger partial charge in [0.25, 0.3) is 0 Å². The van der Waals surface area contributed by atoms with Crippen LogP contribution in [0.2, 0.25) is 0 Å². The van der Waals surface area contributed by atoms with Gasteiger partial charge in [-0.2, -0.15) is 8.78 Å². The predicted molar refractivity (Wildman–Crippen MR) is 52.6 cm³/mol. The van der Waals surface area contributed by atoms with Crippen LogP contribution in [0.1, 0.15) is 0 Å². The van der Waals surface area contributed by atoms with Crippen molar-refractivity contribution in [2.45, 2.75) is 5.25 Å². The summed E-state index contributed by atoms with van der Waals surface area (Å²) < 4.78 is 64.0. The molecule has 10 heteroatoms. The zero-order valence-corrected chi connectivity index (χ0v) is 9.91. The molecule has 0 aliphatic heterocycles. The van der Waals surface area contributed by atoms with Crippen LogP contribution in [0.15, 0.2) is 12.2 Å². The summed E-state index contributed by atoms with van der Waals surface area (Å²) in [5, 5.41) is 3.75. The Kier molecular flexibility index (Phi) is 6.32. The second-order valence-corrected chi connectivity index (χ2v) is 4.55. The van der Waals surface area contributed by atoms with E-state index in [1.807, 2.05) is 0 Å². The SMILES string of the molecule is C=C(COCC(F)(F)S(=O)(=O)[O-])C(=O)OCCO. The van der Waals surface area contributed by atoms with Crippen molar-refractivity contribution >= 4 is 16.1 Å². The van der Waals surface area contributed by atoms with Gasteiger partial charge in [0.2, 0.25) is 0 Å². The van der Waals surface area contributed by atoms with Crippen LogP contribution in [0.4, 0.5) is 8.78 Å². The zero-order chi connectivity index (χ0) is 14.4. The van der Waals surface area contributed by atoms with E-state index in [0.717, 1.165) is 0 Å². The maximum Gasteiger partial charge on any atom is 0.357 e. The van der Waals surface area contributed by atoms with Crippen molar-refractivity contribution < 1.29 is 41.1 Å². The Morgan fingerprint density at radius 1 is 1.44 bits per heavy atom. The molecule has 106 valence electrons. The molecule has 0 radical (unpaired) electrons. The van der Waals surface area contributed by atoms with Gasteiger partial charge in [-0.25, -0.2) is 13.2 Å². The van der Waals surface area contributed by atoms with Crippen molar-refractivity contribution in [1.82, 2.24) is 0 Å². The number of hydrogen-bond acceptors (Lipinski definition) is 7. The molecule has 0 aromatic rings. The fraction of sp³-hybridized carbons (Fsp3) is 0.625. The molecule has 0 aromatic carbocycles. The van der Waals surface area contributed by atoms with Crippen LogP contribution >= 0.6 is 0 Å². The first kappa shape index (κ1) is 16.9. The zero-order valence-electron chi connectivity index (χ0n) is 9.10. The number of aliphatic hydroxyl groups excluding tert-OH is 1. The number of hydrogen-bond donors (Lipinski definition) is 1. The Bertz CT molecular complexity index is 404. The molecule has 0 saturated heterocycles. The summed E-state index contributed by atoms with van der Waals surface area (Å²) in [7, 11) is -5.82. The third kappa shape index (κ3) is 5.49. The molecule has 1 N–H and O–H groups in total. The van der Waals surface area contributed by atoms with Crippen molar-refractivity contribution in [2.75, 3.05) is 26.4 Å². The molecular weight excluding hydrogens is 278 g/mol. The number of esters is 1. The van der Waals surface area contributed by atoms with Crippen LogP contribution in [0, 0.1) is 0 Å². The van der Waals surface area contributed by atoms with E-state index in [-0.39, 0.29) is 12.2 Å². The fourth-order valence-electron chi connectivity index (χ4n) is 0.665. The fourth-order valence-corrected chi connectivity index (χ4v) is 0.892. The maximum absolute atomic E-state index is 12.6. The average molecular weight is 289 g/mol. The molecule has 0 heterocycles. The molecule has 0 bridgehead atoms. The Morgan fingerprint density at radius 3 is 2.44 bits per heavy atom. The smallest absolute Gasteiger partial charge is 0.357 e. The lowest BCUT2D eigenvalue weighted by molar-refractivity contribution is -0.140. The summed E-state index contributed by atoms with van der Waals surface area (Å²) >= 11 is 0. The van der Waals surface area contributed by atoms with Crippen LogP contribution in [0.25, 0.3) is 0 Å². The minimum atomic E-state index is -5.82. The van der Waals surface area contributed by atoms with Gasteiger partial charge in [-0.3, -0.25) is 0 Å². The van der Waals surface area contributed by atoms with E-state index < -0.39 is 41.2 Å². The second kappa shape index (κ2) is 6.73. The van der Waals surface area contributed by atoms with Gasteiger partial charge in [0.15, 0.2) is 10.1 Å². The summed E-state index contributed by atoms with van der Waals surface area (Å²) in [6.07, 6.45) is 0. The molecule has 0 atom stereocenters. The van der Waals surface area contributed by atoms with Crippen molar-refractivity contribution in [3.63, 3.8) is 0 Å². The second-order valence-electron chi connectivity index (χ2n) is 3.05. The largest absolute Gasteiger partial charge is 0.743 e. The summed E-state index contributed by atoms with van der Waals surface area (Å²) in [6.45, 7) is -0.00739. The molecule has 18 heavy (non-hydrogen) atoms. The van der Waals surface area contributed by atoms with Crippen LogP contribution < -0.4 is 0 Å². The third-order valence-electron chi connectivity index (χ3n) is 1.53. The van der Waals surface area contributed by atoms with Crippen LogP contribution in [0.5, 0.6) is 0 Å². The van der Waals surface area contributed by atoms with Gasteiger partial charge in [-0.05, 0) is 0 Å². The van der Waals surface area contributed by atoms with E-state index in [1.165, 1.54) is 0 Å². The first-order chi connectivity index (χ1) is 8.12. The predicted octanol–water partition coefficient (Wildman–Crippen LogP) is -0.767. The van der Waals surface area contributed by atoms with Crippen molar-refractivity contribution in [3.8, 4) is 0 Å². The van der Waals surface area contributed by atoms with Gasteiger partial charge in [0.05, 0.1) is 18.8 Å². The number of halogens is 2. The van der Waals surface area contributed by atoms with Gasteiger partial charge in [0.1, 0.15) is 13.2 Å². The number of alkyl halides is 2. The minimum absolute atomic E-state index is 0.303.